The molecular weight excluding hydrogens is 400 g/mol. The summed E-state index contributed by atoms with van der Waals surface area (Å²) in [7, 11) is 1.61. The molecule has 0 fully saturated rings. The number of halogens is 1. The van der Waals surface area contributed by atoms with E-state index in [4.69, 9.17) is 21.1 Å². The number of aromatic nitrogens is 2. The molecule has 2 heterocycles. The van der Waals surface area contributed by atoms with Crippen molar-refractivity contribution in [3.63, 3.8) is 0 Å². The maximum Gasteiger partial charge on any atom is 0.357 e. The Balaban J connectivity index is 1.93. The zero-order valence-corrected chi connectivity index (χ0v) is 17.9. The van der Waals surface area contributed by atoms with Gasteiger partial charge in [0.25, 0.3) is 0 Å². The molecule has 0 bridgehead atoms. The van der Waals surface area contributed by atoms with E-state index in [1.165, 1.54) is 0 Å². The van der Waals surface area contributed by atoms with Gasteiger partial charge in [0.05, 0.1) is 24.4 Å². The van der Waals surface area contributed by atoms with E-state index in [9.17, 15) is 4.79 Å². The molecule has 4 aromatic rings. The van der Waals surface area contributed by atoms with E-state index in [-0.39, 0.29) is 12.7 Å². The average molecular weight is 423 g/mol. The predicted octanol–water partition coefficient (Wildman–Crippen LogP) is 5.67. The Hall–Kier alpha value is -2.89. The monoisotopic (exact) mass is 422 g/mol. The van der Waals surface area contributed by atoms with E-state index in [2.05, 4.69) is 16.0 Å². The first kappa shape index (κ1) is 20.4. The molecule has 0 amide bonds. The summed E-state index contributed by atoms with van der Waals surface area (Å²) < 4.78 is 10.9. The molecule has 2 aromatic heterocycles. The SMILES string of the molecule is COCc1c(C(=O)OC(C)C)ncc2[nH]c3cccc(Cc4ccc(Cl)cc4)c3c12. The second kappa shape index (κ2) is 8.46. The lowest BCUT2D eigenvalue weighted by Crippen LogP contribution is -2.15. The molecule has 2 aromatic carbocycles. The molecule has 0 unspecified atom stereocenters. The van der Waals surface area contributed by atoms with Gasteiger partial charge in [0.2, 0.25) is 0 Å². The van der Waals surface area contributed by atoms with Crippen LogP contribution in [0.1, 0.15) is 41.0 Å². The minimum absolute atomic E-state index is 0.228. The molecule has 154 valence electrons. The number of esters is 1. The first-order valence-corrected chi connectivity index (χ1v) is 10.2. The van der Waals surface area contributed by atoms with Gasteiger partial charge in [-0.25, -0.2) is 9.78 Å². The van der Waals surface area contributed by atoms with Crippen molar-refractivity contribution in [3.8, 4) is 0 Å². The molecular formula is C24H23ClN2O3. The summed E-state index contributed by atoms with van der Waals surface area (Å²) in [6.07, 6.45) is 2.20. The Labute approximate surface area is 180 Å². The van der Waals surface area contributed by atoms with Crippen LogP contribution >= 0.6 is 11.6 Å². The summed E-state index contributed by atoms with van der Waals surface area (Å²) in [4.78, 5) is 20.5. The van der Waals surface area contributed by atoms with Crippen molar-refractivity contribution in [1.82, 2.24) is 9.97 Å². The van der Waals surface area contributed by atoms with Gasteiger partial charge in [-0.1, -0.05) is 35.9 Å². The number of pyridine rings is 1. The fraction of sp³-hybridized carbons (Fsp3) is 0.250. The number of hydrogen-bond donors (Lipinski definition) is 1. The number of H-pyrrole nitrogens is 1. The predicted molar refractivity (Wildman–Crippen MR) is 119 cm³/mol. The molecule has 0 radical (unpaired) electrons. The number of carbonyl (C=O) groups is 1. The quantitative estimate of drug-likeness (QED) is 0.406. The Morgan fingerprint density at radius 3 is 2.57 bits per heavy atom. The highest BCUT2D eigenvalue weighted by Crippen LogP contribution is 2.34. The van der Waals surface area contributed by atoms with E-state index < -0.39 is 5.97 Å². The summed E-state index contributed by atoms with van der Waals surface area (Å²) in [5.41, 5.74) is 5.18. The summed E-state index contributed by atoms with van der Waals surface area (Å²) in [5, 5.41) is 2.73. The van der Waals surface area contributed by atoms with Crippen LogP contribution in [0.25, 0.3) is 21.8 Å². The fourth-order valence-electron chi connectivity index (χ4n) is 3.78. The molecule has 1 N–H and O–H groups in total. The van der Waals surface area contributed by atoms with Gasteiger partial charge < -0.3 is 14.5 Å². The number of nitrogens with zero attached hydrogens (tertiary/aromatic N) is 1. The smallest absolute Gasteiger partial charge is 0.357 e. The van der Waals surface area contributed by atoms with Crippen LogP contribution in [-0.4, -0.2) is 29.2 Å². The molecule has 0 aliphatic rings. The zero-order chi connectivity index (χ0) is 21.3. The van der Waals surface area contributed by atoms with Gasteiger partial charge in [-0.2, -0.15) is 0 Å². The van der Waals surface area contributed by atoms with Crippen LogP contribution in [0.5, 0.6) is 0 Å². The number of aromatic amines is 1. The van der Waals surface area contributed by atoms with Gasteiger partial charge in [0.15, 0.2) is 5.69 Å². The molecule has 0 saturated heterocycles. The number of ether oxygens (including phenoxy) is 2. The van der Waals surface area contributed by atoms with E-state index in [0.29, 0.717) is 10.7 Å². The van der Waals surface area contributed by atoms with E-state index in [1.807, 2.05) is 50.2 Å². The van der Waals surface area contributed by atoms with Crippen LogP contribution in [-0.2, 0) is 22.5 Å². The van der Waals surface area contributed by atoms with Crippen LogP contribution in [0.2, 0.25) is 5.02 Å². The standard InChI is InChI=1S/C24H23ClN2O3/c1-14(2)30-24(28)23-18(13-29-3)22-20(12-26-23)27-19-6-4-5-16(21(19)22)11-15-7-9-17(25)10-8-15/h4-10,12,14,27H,11,13H2,1-3H3. The topological polar surface area (TPSA) is 64.2 Å². The minimum Gasteiger partial charge on any atom is -0.458 e. The lowest BCUT2D eigenvalue weighted by Gasteiger charge is -2.12. The minimum atomic E-state index is -0.441. The first-order valence-electron chi connectivity index (χ1n) is 9.83. The lowest BCUT2D eigenvalue weighted by molar-refractivity contribution is 0.0366. The lowest BCUT2D eigenvalue weighted by atomic mass is 9.97. The number of carbonyl (C=O) groups excluding carboxylic acids is 1. The molecule has 0 aliphatic carbocycles. The van der Waals surface area contributed by atoms with Gasteiger partial charge in [0, 0.05) is 34.0 Å². The van der Waals surface area contributed by atoms with Crippen molar-refractivity contribution in [2.24, 2.45) is 0 Å². The van der Waals surface area contributed by atoms with Crippen LogP contribution < -0.4 is 0 Å². The number of rotatable bonds is 6. The normalized spacial score (nSPS) is 11.5. The molecule has 0 atom stereocenters. The number of methoxy groups -OCH3 is 1. The maximum absolute atomic E-state index is 12.7. The third-order valence-corrected chi connectivity index (χ3v) is 5.23. The first-order chi connectivity index (χ1) is 14.5. The Kier molecular flexibility index (Phi) is 5.75. The zero-order valence-electron chi connectivity index (χ0n) is 17.2. The van der Waals surface area contributed by atoms with Crippen LogP contribution in [0.15, 0.2) is 48.7 Å². The highest BCUT2D eigenvalue weighted by Gasteiger charge is 2.22. The van der Waals surface area contributed by atoms with E-state index in [1.54, 1.807) is 13.3 Å². The van der Waals surface area contributed by atoms with Crippen LogP contribution in [0, 0.1) is 0 Å². The van der Waals surface area contributed by atoms with Crippen molar-refractivity contribution in [2.75, 3.05) is 7.11 Å². The van der Waals surface area contributed by atoms with Gasteiger partial charge in [0.1, 0.15) is 0 Å². The average Bonchev–Trinajstić information content (AvgIpc) is 3.09. The molecule has 0 saturated carbocycles. The van der Waals surface area contributed by atoms with Gasteiger partial charge >= 0.3 is 5.97 Å². The number of nitrogens with one attached hydrogen (secondary N) is 1. The largest absolute Gasteiger partial charge is 0.458 e. The summed E-state index contributed by atoms with van der Waals surface area (Å²) in [6.45, 7) is 3.90. The molecule has 5 nitrogen and oxygen atoms in total. The molecule has 6 heteroatoms. The van der Waals surface area contributed by atoms with Crippen molar-refractivity contribution < 1.29 is 14.3 Å². The Bertz CT molecular complexity index is 1210. The second-order valence-corrected chi connectivity index (χ2v) is 7.97. The third kappa shape index (κ3) is 3.91. The highest BCUT2D eigenvalue weighted by molar-refractivity contribution is 6.30. The van der Waals surface area contributed by atoms with Gasteiger partial charge in [-0.3, -0.25) is 0 Å². The Morgan fingerprint density at radius 1 is 1.10 bits per heavy atom. The fourth-order valence-corrected chi connectivity index (χ4v) is 3.90. The van der Waals surface area contributed by atoms with Crippen molar-refractivity contribution in [2.45, 2.75) is 33.0 Å². The number of fused-ring (bicyclic) bond motifs is 3. The molecule has 30 heavy (non-hydrogen) atoms. The summed E-state index contributed by atoms with van der Waals surface area (Å²) in [6, 6.07) is 14.0. The van der Waals surface area contributed by atoms with Crippen LogP contribution in [0.4, 0.5) is 0 Å². The maximum atomic E-state index is 12.7. The van der Waals surface area contributed by atoms with Gasteiger partial charge in [-0.05, 0) is 49.6 Å². The molecule has 0 aliphatic heterocycles. The highest BCUT2D eigenvalue weighted by atomic mass is 35.5. The third-order valence-electron chi connectivity index (χ3n) is 4.98. The summed E-state index contributed by atoms with van der Waals surface area (Å²) >= 11 is 6.04. The van der Waals surface area contributed by atoms with Gasteiger partial charge in [-0.15, -0.1) is 0 Å². The van der Waals surface area contributed by atoms with E-state index in [0.717, 1.165) is 44.9 Å². The number of hydrogen-bond acceptors (Lipinski definition) is 4. The van der Waals surface area contributed by atoms with Crippen molar-refractivity contribution in [3.05, 3.63) is 76.1 Å². The van der Waals surface area contributed by atoms with Crippen molar-refractivity contribution >= 4 is 39.4 Å². The number of benzene rings is 2. The summed E-state index contributed by atoms with van der Waals surface area (Å²) in [5.74, 6) is -0.441. The van der Waals surface area contributed by atoms with Crippen LogP contribution in [0.3, 0.4) is 0 Å². The Morgan fingerprint density at radius 2 is 1.87 bits per heavy atom. The molecule has 0 spiro atoms. The second-order valence-electron chi connectivity index (χ2n) is 7.53. The van der Waals surface area contributed by atoms with E-state index >= 15 is 0 Å². The molecule has 4 rings (SSSR count). The van der Waals surface area contributed by atoms with Crippen molar-refractivity contribution in [1.29, 1.82) is 0 Å².